The van der Waals surface area contributed by atoms with E-state index in [1.807, 2.05) is 51.1 Å². The molecule has 0 aliphatic carbocycles. The van der Waals surface area contributed by atoms with E-state index in [2.05, 4.69) is 0 Å². The highest BCUT2D eigenvalue weighted by Gasteiger charge is 2.35. The van der Waals surface area contributed by atoms with Gasteiger partial charge in [0, 0.05) is 49.9 Å². The van der Waals surface area contributed by atoms with Gasteiger partial charge in [-0.3, -0.25) is 4.79 Å². The molecule has 1 saturated heterocycles. The molecule has 160 valence electrons. The summed E-state index contributed by atoms with van der Waals surface area (Å²) >= 11 is 5.47. The van der Waals surface area contributed by atoms with Crippen LogP contribution in [-0.4, -0.2) is 31.0 Å². The number of carbonyl (C=O) groups excluding carboxylic acids is 1. The Bertz CT molecular complexity index is 922. The van der Waals surface area contributed by atoms with Crippen molar-refractivity contribution >= 4 is 22.9 Å². The SMILES string of the molecule is COC1(c2cc(F)cc(-c3ccc(C(=S)CC(=O)C(C)(C)C)cc3)c2)CCOCC1. The lowest BCUT2D eigenvalue weighted by Gasteiger charge is -2.36. The molecule has 1 heterocycles. The van der Waals surface area contributed by atoms with Crippen LogP contribution in [-0.2, 0) is 19.9 Å². The molecular weight excluding hydrogens is 399 g/mol. The summed E-state index contributed by atoms with van der Waals surface area (Å²) in [4.78, 5) is 12.9. The molecule has 0 unspecified atom stereocenters. The van der Waals surface area contributed by atoms with Crippen molar-refractivity contribution in [2.75, 3.05) is 20.3 Å². The molecule has 2 aromatic rings. The number of halogens is 1. The Morgan fingerprint density at radius 2 is 1.73 bits per heavy atom. The van der Waals surface area contributed by atoms with Gasteiger partial charge in [-0.05, 0) is 40.5 Å². The molecule has 0 amide bonds. The van der Waals surface area contributed by atoms with E-state index in [0.29, 0.717) is 30.9 Å². The number of hydrogen-bond donors (Lipinski definition) is 0. The van der Waals surface area contributed by atoms with Gasteiger partial charge in [-0.15, -0.1) is 0 Å². The molecule has 1 aliphatic heterocycles. The van der Waals surface area contributed by atoms with E-state index in [1.54, 1.807) is 13.2 Å². The molecule has 0 atom stereocenters. The van der Waals surface area contributed by atoms with Gasteiger partial charge in [0.1, 0.15) is 11.6 Å². The van der Waals surface area contributed by atoms with Crippen LogP contribution in [0.15, 0.2) is 42.5 Å². The Morgan fingerprint density at radius 1 is 1.10 bits per heavy atom. The normalized spacial score (nSPS) is 16.3. The Labute approximate surface area is 183 Å². The number of benzene rings is 2. The van der Waals surface area contributed by atoms with Crippen LogP contribution in [0.1, 0.15) is 51.2 Å². The topological polar surface area (TPSA) is 35.5 Å². The second-order valence-electron chi connectivity index (χ2n) is 8.89. The number of methoxy groups -OCH3 is 1. The zero-order valence-corrected chi connectivity index (χ0v) is 18.9. The number of thiocarbonyl (C=S) groups is 1. The quantitative estimate of drug-likeness (QED) is 0.426. The summed E-state index contributed by atoms with van der Waals surface area (Å²) in [7, 11) is 1.67. The molecule has 0 radical (unpaired) electrons. The second kappa shape index (κ2) is 9.04. The van der Waals surface area contributed by atoms with Crippen molar-refractivity contribution in [1.82, 2.24) is 0 Å². The highest BCUT2D eigenvalue weighted by atomic mass is 32.1. The van der Waals surface area contributed by atoms with Gasteiger partial charge < -0.3 is 9.47 Å². The van der Waals surface area contributed by atoms with E-state index >= 15 is 0 Å². The summed E-state index contributed by atoms with van der Waals surface area (Å²) in [5, 5.41) is 0. The lowest BCUT2D eigenvalue weighted by Crippen LogP contribution is -2.35. The monoisotopic (exact) mass is 428 g/mol. The second-order valence-corrected chi connectivity index (χ2v) is 9.38. The van der Waals surface area contributed by atoms with Crippen LogP contribution in [0.2, 0.25) is 0 Å². The van der Waals surface area contributed by atoms with E-state index in [1.165, 1.54) is 6.07 Å². The molecule has 3 rings (SSSR count). The smallest absolute Gasteiger partial charge is 0.143 e. The molecule has 0 N–H and O–H groups in total. The molecule has 5 heteroatoms. The van der Waals surface area contributed by atoms with Crippen LogP contribution in [0.5, 0.6) is 0 Å². The van der Waals surface area contributed by atoms with Crippen LogP contribution >= 0.6 is 12.2 Å². The van der Waals surface area contributed by atoms with E-state index in [0.717, 1.165) is 22.3 Å². The minimum atomic E-state index is -0.524. The maximum atomic E-state index is 14.5. The number of hydrogen-bond acceptors (Lipinski definition) is 4. The largest absolute Gasteiger partial charge is 0.381 e. The summed E-state index contributed by atoms with van der Waals surface area (Å²) in [6, 6.07) is 12.7. The molecule has 3 nitrogen and oxygen atoms in total. The highest BCUT2D eigenvalue weighted by Crippen LogP contribution is 2.37. The molecule has 0 saturated carbocycles. The lowest BCUT2D eigenvalue weighted by atomic mass is 9.84. The number of rotatable bonds is 6. The van der Waals surface area contributed by atoms with E-state index < -0.39 is 11.0 Å². The number of Topliss-reactive ketones (excluding diaryl/α,β-unsaturated/α-hetero) is 1. The fraction of sp³-hybridized carbons (Fsp3) is 0.440. The Morgan fingerprint density at radius 3 is 2.30 bits per heavy atom. The molecule has 0 aromatic heterocycles. The molecule has 0 bridgehead atoms. The van der Waals surface area contributed by atoms with E-state index in [-0.39, 0.29) is 18.0 Å². The standard InChI is InChI=1S/C25H29FO3S/c1-24(2,3)23(27)16-22(30)18-7-5-17(6-8-18)19-13-20(15-21(26)14-19)25(28-4)9-11-29-12-10-25/h5-8,13-15H,9-12,16H2,1-4H3. The zero-order valence-electron chi connectivity index (χ0n) is 18.1. The number of ketones is 1. The summed E-state index contributed by atoms with van der Waals surface area (Å²) in [5.74, 6) is -0.173. The first-order valence-electron chi connectivity index (χ1n) is 10.3. The van der Waals surface area contributed by atoms with Crippen LogP contribution in [0.4, 0.5) is 4.39 Å². The zero-order chi connectivity index (χ0) is 21.9. The average Bonchev–Trinajstić information content (AvgIpc) is 2.73. The van der Waals surface area contributed by atoms with Crippen molar-refractivity contribution in [1.29, 1.82) is 0 Å². The maximum Gasteiger partial charge on any atom is 0.143 e. The van der Waals surface area contributed by atoms with E-state index in [4.69, 9.17) is 21.7 Å². The minimum absolute atomic E-state index is 0.118. The van der Waals surface area contributed by atoms with Crippen molar-refractivity contribution in [3.63, 3.8) is 0 Å². The van der Waals surface area contributed by atoms with Gasteiger partial charge in [0.25, 0.3) is 0 Å². The number of ether oxygens (including phenoxy) is 2. The molecule has 1 aliphatic rings. The molecule has 1 fully saturated rings. The summed E-state index contributed by atoms with van der Waals surface area (Å²) < 4.78 is 25.8. The Hall–Kier alpha value is -1.95. The third kappa shape index (κ3) is 5.02. The lowest BCUT2D eigenvalue weighted by molar-refractivity contribution is -0.124. The highest BCUT2D eigenvalue weighted by molar-refractivity contribution is 7.80. The van der Waals surface area contributed by atoms with Gasteiger partial charge in [-0.2, -0.15) is 0 Å². The van der Waals surface area contributed by atoms with Gasteiger partial charge >= 0.3 is 0 Å². The van der Waals surface area contributed by atoms with Gasteiger partial charge in [-0.25, -0.2) is 4.39 Å². The summed E-state index contributed by atoms with van der Waals surface area (Å²) in [6.45, 7) is 6.88. The average molecular weight is 429 g/mol. The first-order valence-corrected chi connectivity index (χ1v) is 10.7. The van der Waals surface area contributed by atoms with Crippen LogP contribution < -0.4 is 0 Å². The first-order chi connectivity index (χ1) is 14.1. The fourth-order valence-electron chi connectivity index (χ4n) is 3.69. The van der Waals surface area contributed by atoms with Gasteiger partial charge in [0.2, 0.25) is 0 Å². The van der Waals surface area contributed by atoms with Gasteiger partial charge in [0.15, 0.2) is 0 Å². The van der Waals surface area contributed by atoms with Crippen molar-refractivity contribution in [2.24, 2.45) is 5.41 Å². The predicted molar refractivity (Wildman–Crippen MR) is 121 cm³/mol. The number of carbonyl (C=O) groups is 1. The van der Waals surface area contributed by atoms with Crippen LogP contribution in [0.3, 0.4) is 0 Å². The first kappa shape index (κ1) is 22.7. The van der Waals surface area contributed by atoms with Crippen LogP contribution in [0.25, 0.3) is 11.1 Å². The Balaban J connectivity index is 1.85. The third-order valence-corrected chi connectivity index (χ3v) is 6.19. The fourth-order valence-corrected chi connectivity index (χ4v) is 3.96. The predicted octanol–water partition coefficient (Wildman–Crippen LogP) is 5.87. The maximum absolute atomic E-state index is 14.5. The van der Waals surface area contributed by atoms with Crippen molar-refractivity contribution < 1.29 is 18.7 Å². The third-order valence-electron chi connectivity index (χ3n) is 5.81. The molecule has 2 aromatic carbocycles. The van der Waals surface area contributed by atoms with Crippen LogP contribution in [0, 0.1) is 11.2 Å². The van der Waals surface area contributed by atoms with Gasteiger partial charge in [-0.1, -0.05) is 57.3 Å². The summed E-state index contributed by atoms with van der Waals surface area (Å²) in [5.41, 5.74) is 2.42. The molecular formula is C25H29FO3S. The van der Waals surface area contributed by atoms with Crippen molar-refractivity contribution in [3.05, 3.63) is 59.4 Å². The van der Waals surface area contributed by atoms with Crippen molar-refractivity contribution in [3.8, 4) is 11.1 Å². The molecule has 30 heavy (non-hydrogen) atoms. The summed E-state index contributed by atoms with van der Waals surface area (Å²) in [6.07, 6.45) is 1.64. The molecule has 0 spiro atoms. The van der Waals surface area contributed by atoms with Crippen molar-refractivity contribution in [2.45, 2.75) is 45.6 Å². The van der Waals surface area contributed by atoms with Gasteiger partial charge in [0.05, 0.1) is 5.60 Å². The Kier molecular flexibility index (Phi) is 6.85. The van der Waals surface area contributed by atoms with E-state index in [9.17, 15) is 9.18 Å². The minimum Gasteiger partial charge on any atom is -0.381 e.